The third-order valence-electron chi connectivity index (χ3n) is 2.69. The zero-order chi connectivity index (χ0) is 15.4. The molecule has 0 saturated carbocycles. The van der Waals surface area contributed by atoms with Crippen LogP contribution in [-0.2, 0) is 0 Å². The lowest BCUT2D eigenvalue weighted by molar-refractivity contribution is -0.384. The molecule has 0 amide bonds. The Bertz CT molecular complexity index is 680. The molecule has 7 heteroatoms. The maximum atomic E-state index is 11.0. The first kappa shape index (κ1) is 14.3. The molecule has 7 nitrogen and oxygen atoms in total. The number of nitrogens with zero attached hydrogens (tertiary/aromatic N) is 1. The fourth-order valence-corrected chi connectivity index (χ4v) is 1.65. The number of nitro benzene ring substituents is 1. The quantitative estimate of drug-likeness (QED) is 0.670. The minimum absolute atomic E-state index is 0.0488. The van der Waals surface area contributed by atoms with Crippen LogP contribution in [0.25, 0.3) is 0 Å². The molecular weight excluding hydrogens is 278 g/mol. The van der Waals surface area contributed by atoms with Gasteiger partial charge >= 0.3 is 5.97 Å². The van der Waals surface area contributed by atoms with Crippen LogP contribution < -0.4 is 9.47 Å². The maximum absolute atomic E-state index is 11.0. The van der Waals surface area contributed by atoms with Gasteiger partial charge in [-0.15, -0.1) is 0 Å². The van der Waals surface area contributed by atoms with Crippen molar-refractivity contribution in [3.63, 3.8) is 0 Å². The molecule has 0 aliphatic carbocycles. The smallest absolute Gasteiger partial charge is 0.335 e. The number of benzene rings is 2. The number of hydrogen-bond donors (Lipinski definition) is 1. The number of aromatic carboxylic acids is 1. The first-order valence-corrected chi connectivity index (χ1v) is 5.85. The van der Waals surface area contributed by atoms with Crippen LogP contribution in [0.5, 0.6) is 17.2 Å². The molecule has 21 heavy (non-hydrogen) atoms. The minimum atomic E-state index is -1.09. The lowest BCUT2D eigenvalue weighted by atomic mass is 10.2. The van der Waals surface area contributed by atoms with Crippen molar-refractivity contribution in [2.45, 2.75) is 0 Å². The first-order valence-electron chi connectivity index (χ1n) is 5.85. The molecule has 0 saturated heterocycles. The first-order chi connectivity index (χ1) is 10.0. The largest absolute Gasteiger partial charge is 0.493 e. The van der Waals surface area contributed by atoms with Crippen molar-refractivity contribution in [3.8, 4) is 17.2 Å². The van der Waals surface area contributed by atoms with Gasteiger partial charge in [-0.2, -0.15) is 0 Å². The van der Waals surface area contributed by atoms with Gasteiger partial charge < -0.3 is 14.6 Å². The van der Waals surface area contributed by atoms with Crippen LogP contribution in [0.4, 0.5) is 5.69 Å². The highest BCUT2D eigenvalue weighted by molar-refractivity contribution is 5.88. The van der Waals surface area contributed by atoms with Gasteiger partial charge in [-0.05, 0) is 30.3 Å². The SMILES string of the molecule is COc1ccc(C(=O)O)cc1Oc1ccc([N+](=O)[O-])cc1. The maximum Gasteiger partial charge on any atom is 0.335 e. The summed E-state index contributed by atoms with van der Waals surface area (Å²) in [6, 6.07) is 9.62. The average molecular weight is 289 g/mol. The van der Waals surface area contributed by atoms with Crippen LogP contribution in [0.2, 0.25) is 0 Å². The number of ether oxygens (including phenoxy) is 2. The molecular formula is C14H11NO6. The molecule has 0 spiro atoms. The second-order valence-corrected chi connectivity index (χ2v) is 4.02. The summed E-state index contributed by atoms with van der Waals surface area (Å²) < 4.78 is 10.6. The molecule has 0 fully saturated rings. The van der Waals surface area contributed by atoms with E-state index in [9.17, 15) is 14.9 Å². The van der Waals surface area contributed by atoms with Crippen LogP contribution in [0, 0.1) is 10.1 Å². The van der Waals surface area contributed by atoms with Crippen molar-refractivity contribution >= 4 is 11.7 Å². The molecule has 0 bridgehead atoms. The molecule has 0 heterocycles. The predicted molar refractivity (Wildman–Crippen MR) is 73.1 cm³/mol. The van der Waals surface area contributed by atoms with Crippen LogP contribution in [0.15, 0.2) is 42.5 Å². The van der Waals surface area contributed by atoms with E-state index in [2.05, 4.69) is 0 Å². The summed E-state index contributed by atoms with van der Waals surface area (Å²) in [5.41, 5.74) is -0.0127. The monoisotopic (exact) mass is 289 g/mol. The van der Waals surface area contributed by atoms with E-state index in [4.69, 9.17) is 14.6 Å². The number of carboxylic acid groups (broad SMARTS) is 1. The van der Waals surface area contributed by atoms with Gasteiger partial charge in [0.2, 0.25) is 0 Å². The molecule has 1 N–H and O–H groups in total. The third-order valence-corrected chi connectivity index (χ3v) is 2.69. The van der Waals surface area contributed by atoms with Crippen molar-refractivity contribution in [2.24, 2.45) is 0 Å². The van der Waals surface area contributed by atoms with Crippen LogP contribution in [-0.4, -0.2) is 23.1 Å². The number of rotatable bonds is 5. The standard InChI is InChI=1S/C14H11NO6/c1-20-12-7-2-9(14(16)17)8-13(12)21-11-5-3-10(4-6-11)15(18)19/h2-8H,1H3,(H,16,17). The number of carbonyl (C=O) groups is 1. The summed E-state index contributed by atoms with van der Waals surface area (Å²) in [4.78, 5) is 21.0. The van der Waals surface area contributed by atoms with Gasteiger partial charge in [-0.3, -0.25) is 10.1 Å². The van der Waals surface area contributed by atoms with Crippen molar-refractivity contribution in [2.75, 3.05) is 7.11 Å². The Morgan fingerprint density at radius 1 is 1.14 bits per heavy atom. The van der Waals surface area contributed by atoms with Gasteiger partial charge in [0, 0.05) is 12.1 Å². The zero-order valence-electron chi connectivity index (χ0n) is 11.0. The molecule has 0 aromatic heterocycles. The highest BCUT2D eigenvalue weighted by Gasteiger charge is 2.12. The fourth-order valence-electron chi connectivity index (χ4n) is 1.65. The predicted octanol–water partition coefficient (Wildman–Crippen LogP) is 3.09. The van der Waals surface area contributed by atoms with E-state index in [1.807, 2.05) is 0 Å². The Morgan fingerprint density at radius 2 is 1.81 bits per heavy atom. The Labute approximate surface area is 119 Å². The summed E-state index contributed by atoms with van der Waals surface area (Å²) >= 11 is 0. The number of nitro groups is 1. The normalized spacial score (nSPS) is 9.95. The molecule has 2 rings (SSSR count). The number of carboxylic acids is 1. The Morgan fingerprint density at radius 3 is 2.33 bits per heavy atom. The molecule has 0 unspecified atom stereocenters. The van der Waals surface area contributed by atoms with Crippen LogP contribution in [0.1, 0.15) is 10.4 Å². The highest BCUT2D eigenvalue weighted by atomic mass is 16.6. The van der Waals surface area contributed by atoms with Crippen LogP contribution in [0.3, 0.4) is 0 Å². The fraction of sp³-hybridized carbons (Fsp3) is 0.0714. The third kappa shape index (κ3) is 3.27. The molecule has 2 aromatic carbocycles. The molecule has 0 atom stereocenters. The van der Waals surface area contributed by atoms with Crippen molar-refractivity contribution < 1.29 is 24.3 Å². The van der Waals surface area contributed by atoms with E-state index in [0.717, 1.165) is 0 Å². The van der Waals surface area contributed by atoms with E-state index in [0.29, 0.717) is 11.5 Å². The van der Waals surface area contributed by atoms with Crippen molar-refractivity contribution in [1.29, 1.82) is 0 Å². The van der Waals surface area contributed by atoms with E-state index in [1.165, 1.54) is 49.6 Å². The van der Waals surface area contributed by atoms with E-state index in [-0.39, 0.29) is 17.0 Å². The minimum Gasteiger partial charge on any atom is -0.493 e. The van der Waals surface area contributed by atoms with Crippen LogP contribution >= 0.6 is 0 Å². The van der Waals surface area contributed by atoms with Gasteiger partial charge in [0.05, 0.1) is 17.6 Å². The van der Waals surface area contributed by atoms with Gasteiger partial charge in [0.1, 0.15) is 5.75 Å². The van der Waals surface area contributed by atoms with Gasteiger partial charge in [-0.25, -0.2) is 4.79 Å². The molecule has 0 aliphatic rings. The molecule has 0 aliphatic heterocycles. The van der Waals surface area contributed by atoms with E-state index >= 15 is 0 Å². The van der Waals surface area contributed by atoms with E-state index in [1.54, 1.807) is 0 Å². The van der Waals surface area contributed by atoms with Gasteiger partial charge in [0.15, 0.2) is 11.5 Å². The van der Waals surface area contributed by atoms with Crippen molar-refractivity contribution in [1.82, 2.24) is 0 Å². The highest BCUT2D eigenvalue weighted by Crippen LogP contribution is 2.33. The summed E-state index contributed by atoms with van der Waals surface area (Å²) in [5, 5.41) is 19.5. The van der Waals surface area contributed by atoms with Gasteiger partial charge in [-0.1, -0.05) is 0 Å². The topological polar surface area (TPSA) is 98.9 Å². The second-order valence-electron chi connectivity index (χ2n) is 4.02. The Kier molecular flexibility index (Phi) is 4.03. The summed E-state index contributed by atoms with van der Waals surface area (Å²) in [5.74, 6) is -0.183. The zero-order valence-corrected chi connectivity index (χ0v) is 11.0. The van der Waals surface area contributed by atoms with Crippen molar-refractivity contribution in [3.05, 3.63) is 58.1 Å². The molecule has 108 valence electrons. The Balaban J connectivity index is 2.31. The summed E-state index contributed by atoms with van der Waals surface area (Å²) in [7, 11) is 1.43. The van der Waals surface area contributed by atoms with Gasteiger partial charge in [0.25, 0.3) is 5.69 Å². The lowest BCUT2D eigenvalue weighted by Gasteiger charge is -2.10. The number of non-ortho nitro benzene ring substituents is 1. The molecule has 0 radical (unpaired) electrons. The average Bonchev–Trinajstić information content (AvgIpc) is 2.47. The lowest BCUT2D eigenvalue weighted by Crippen LogP contribution is -1.98. The van der Waals surface area contributed by atoms with E-state index < -0.39 is 10.9 Å². The Hall–Kier alpha value is -3.09. The number of hydrogen-bond acceptors (Lipinski definition) is 5. The number of methoxy groups -OCH3 is 1. The second kappa shape index (κ2) is 5.91. The summed E-state index contributed by atoms with van der Waals surface area (Å²) in [6.45, 7) is 0. The molecule has 2 aromatic rings. The summed E-state index contributed by atoms with van der Waals surface area (Å²) in [6.07, 6.45) is 0.